The number of hydrogen-bond donors (Lipinski definition) is 0. The standard InChI is InChI=1S/C15H23NO2S/c1-5-13(15(17)18-4)8-9-16(12(2)3)11-14-7-6-10-19-14/h6-8,10,12H,5,9,11H2,1-4H3. The molecule has 4 heteroatoms. The van der Waals surface area contributed by atoms with E-state index >= 15 is 0 Å². The van der Waals surface area contributed by atoms with Gasteiger partial charge in [-0.3, -0.25) is 4.90 Å². The number of carbonyl (C=O) groups is 1. The van der Waals surface area contributed by atoms with Crippen LogP contribution >= 0.6 is 11.3 Å². The normalized spacial score (nSPS) is 12.2. The molecule has 0 aliphatic carbocycles. The molecule has 0 spiro atoms. The van der Waals surface area contributed by atoms with E-state index in [9.17, 15) is 4.79 Å². The Morgan fingerprint density at radius 1 is 1.53 bits per heavy atom. The Morgan fingerprint density at radius 2 is 2.26 bits per heavy atom. The zero-order chi connectivity index (χ0) is 14.3. The van der Waals surface area contributed by atoms with Gasteiger partial charge in [-0.1, -0.05) is 19.1 Å². The second-order valence-corrected chi connectivity index (χ2v) is 5.71. The van der Waals surface area contributed by atoms with E-state index in [2.05, 4.69) is 36.3 Å². The monoisotopic (exact) mass is 281 g/mol. The summed E-state index contributed by atoms with van der Waals surface area (Å²) in [6, 6.07) is 4.65. The molecule has 0 saturated carbocycles. The first-order valence-electron chi connectivity index (χ1n) is 6.62. The smallest absolute Gasteiger partial charge is 0.333 e. The third-order valence-electron chi connectivity index (χ3n) is 3.07. The van der Waals surface area contributed by atoms with Gasteiger partial charge in [0.05, 0.1) is 7.11 Å². The Labute approximate surface area is 119 Å². The highest BCUT2D eigenvalue weighted by atomic mass is 32.1. The van der Waals surface area contributed by atoms with Crippen LogP contribution in [0.2, 0.25) is 0 Å². The van der Waals surface area contributed by atoms with Gasteiger partial charge < -0.3 is 4.74 Å². The number of rotatable bonds is 7. The van der Waals surface area contributed by atoms with Crippen LogP contribution in [0.25, 0.3) is 0 Å². The van der Waals surface area contributed by atoms with Crippen molar-refractivity contribution in [2.24, 2.45) is 0 Å². The second-order valence-electron chi connectivity index (χ2n) is 4.68. The summed E-state index contributed by atoms with van der Waals surface area (Å²) in [4.78, 5) is 15.2. The molecular formula is C15H23NO2S. The predicted octanol–water partition coefficient (Wildman–Crippen LogP) is 3.47. The lowest BCUT2D eigenvalue weighted by atomic mass is 10.2. The fourth-order valence-corrected chi connectivity index (χ4v) is 2.52. The summed E-state index contributed by atoms with van der Waals surface area (Å²) in [5, 5.41) is 2.09. The Kier molecular flexibility index (Phi) is 6.81. The third-order valence-corrected chi connectivity index (χ3v) is 3.93. The van der Waals surface area contributed by atoms with Gasteiger partial charge >= 0.3 is 5.97 Å². The highest BCUT2D eigenvalue weighted by molar-refractivity contribution is 7.09. The molecule has 0 unspecified atom stereocenters. The molecule has 0 aliphatic heterocycles. The van der Waals surface area contributed by atoms with Crippen molar-refractivity contribution in [1.29, 1.82) is 0 Å². The molecule has 0 fully saturated rings. The summed E-state index contributed by atoms with van der Waals surface area (Å²) in [7, 11) is 1.43. The molecule has 1 aromatic rings. The maximum atomic E-state index is 11.5. The average Bonchev–Trinajstić information content (AvgIpc) is 2.90. The number of methoxy groups -OCH3 is 1. The van der Waals surface area contributed by atoms with Crippen LogP contribution in [0.15, 0.2) is 29.2 Å². The van der Waals surface area contributed by atoms with Crippen molar-refractivity contribution in [1.82, 2.24) is 4.90 Å². The second kappa shape index (κ2) is 8.12. The number of thiophene rings is 1. The summed E-state index contributed by atoms with van der Waals surface area (Å²) >= 11 is 1.77. The molecular weight excluding hydrogens is 258 g/mol. The van der Waals surface area contributed by atoms with E-state index in [1.165, 1.54) is 12.0 Å². The summed E-state index contributed by atoms with van der Waals surface area (Å²) in [5.74, 6) is -0.220. The van der Waals surface area contributed by atoms with Gasteiger partial charge in [-0.2, -0.15) is 0 Å². The highest BCUT2D eigenvalue weighted by Crippen LogP contribution is 2.14. The number of esters is 1. The lowest BCUT2D eigenvalue weighted by Crippen LogP contribution is -2.30. The van der Waals surface area contributed by atoms with Gasteiger partial charge in [0.15, 0.2) is 0 Å². The molecule has 0 amide bonds. The van der Waals surface area contributed by atoms with Gasteiger partial charge in [-0.15, -0.1) is 11.3 Å². The van der Waals surface area contributed by atoms with Gasteiger partial charge in [-0.25, -0.2) is 4.79 Å². The van der Waals surface area contributed by atoms with Crippen LogP contribution in [-0.2, 0) is 16.1 Å². The predicted molar refractivity (Wildman–Crippen MR) is 80.3 cm³/mol. The molecule has 0 atom stereocenters. The van der Waals surface area contributed by atoms with E-state index in [1.54, 1.807) is 11.3 Å². The first-order valence-corrected chi connectivity index (χ1v) is 7.50. The van der Waals surface area contributed by atoms with Crippen LogP contribution in [-0.4, -0.2) is 30.6 Å². The quantitative estimate of drug-likeness (QED) is 0.566. The van der Waals surface area contributed by atoms with Crippen LogP contribution < -0.4 is 0 Å². The molecule has 0 saturated heterocycles. The molecule has 1 heterocycles. The third kappa shape index (κ3) is 5.17. The van der Waals surface area contributed by atoms with Crippen LogP contribution in [0.3, 0.4) is 0 Å². The molecule has 0 aliphatic rings. The topological polar surface area (TPSA) is 29.5 Å². The molecule has 0 radical (unpaired) electrons. The highest BCUT2D eigenvalue weighted by Gasteiger charge is 2.12. The fourth-order valence-electron chi connectivity index (χ4n) is 1.79. The van der Waals surface area contributed by atoms with E-state index in [-0.39, 0.29) is 5.97 Å². The lowest BCUT2D eigenvalue weighted by molar-refractivity contribution is -0.136. The van der Waals surface area contributed by atoms with Crippen molar-refractivity contribution >= 4 is 17.3 Å². The minimum absolute atomic E-state index is 0.220. The number of ether oxygens (including phenoxy) is 1. The van der Waals surface area contributed by atoms with E-state index in [4.69, 9.17) is 4.74 Å². The Hall–Kier alpha value is -1.13. The maximum absolute atomic E-state index is 11.5. The summed E-state index contributed by atoms with van der Waals surface area (Å²) in [5.41, 5.74) is 0.749. The van der Waals surface area contributed by atoms with Crippen LogP contribution in [0.4, 0.5) is 0 Å². The molecule has 1 rings (SSSR count). The van der Waals surface area contributed by atoms with E-state index in [1.807, 2.05) is 13.0 Å². The Morgan fingerprint density at radius 3 is 2.74 bits per heavy atom. The Bertz CT molecular complexity index is 410. The van der Waals surface area contributed by atoms with Crippen molar-refractivity contribution in [2.75, 3.05) is 13.7 Å². The summed E-state index contributed by atoms with van der Waals surface area (Å²) in [6.45, 7) is 8.01. The van der Waals surface area contributed by atoms with Crippen LogP contribution in [0.5, 0.6) is 0 Å². The van der Waals surface area contributed by atoms with Gasteiger partial charge in [-0.05, 0) is 31.7 Å². The summed E-state index contributed by atoms with van der Waals surface area (Å²) < 4.78 is 4.78. The first kappa shape index (κ1) is 15.9. The number of nitrogens with zero attached hydrogens (tertiary/aromatic N) is 1. The molecule has 19 heavy (non-hydrogen) atoms. The van der Waals surface area contributed by atoms with Crippen LogP contribution in [0.1, 0.15) is 32.1 Å². The fraction of sp³-hybridized carbons (Fsp3) is 0.533. The minimum Gasteiger partial charge on any atom is -0.466 e. The molecule has 0 N–H and O–H groups in total. The van der Waals surface area contributed by atoms with Gasteiger partial charge in [0.1, 0.15) is 0 Å². The first-order chi connectivity index (χ1) is 9.08. The van der Waals surface area contributed by atoms with Gasteiger partial charge in [0, 0.05) is 29.6 Å². The van der Waals surface area contributed by atoms with Gasteiger partial charge in [0.2, 0.25) is 0 Å². The lowest BCUT2D eigenvalue weighted by Gasteiger charge is -2.24. The van der Waals surface area contributed by atoms with E-state index in [0.717, 1.165) is 18.7 Å². The molecule has 3 nitrogen and oxygen atoms in total. The maximum Gasteiger partial charge on any atom is 0.333 e. The van der Waals surface area contributed by atoms with Crippen molar-refractivity contribution in [3.8, 4) is 0 Å². The molecule has 1 aromatic heterocycles. The average molecular weight is 281 g/mol. The molecule has 0 aromatic carbocycles. The van der Waals surface area contributed by atoms with E-state index < -0.39 is 0 Å². The summed E-state index contributed by atoms with van der Waals surface area (Å²) in [6.07, 6.45) is 2.69. The van der Waals surface area contributed by atoms with Crippen molar-refractivity contribution in [3.63, 3.8) is 0 Å². The van der Waals surface area contributed by atoms with Crippen molar-refractivity contribution in [3.05, 3.63) is 34.0 Å². The zero-order valence-electron chi connectivity index (χ0n) is 12.2. The van der Waals surface area contributed by atoms with Crippen molar-refractivity contribution in [2.45, 2.75) is 39.8 Å². The zero-order valence-corrected chi connectivity index (χ0v) is 13.0. The van der Waals surface area contributed by atoms with Crippen LogP contribution in [0, 0.1) is 0 Å². The van der Waals surface area contributed by atoms with E-state index in [0.29, 0.717) is 12.5 Å². The van der Waals surface area contributed by atoms with Crippen molar-refractivity contribution < 1.29 is 9.53 Å². The van der Waals surface area contributed by atoms with Gasteiger partial charge in [0.25, 0.3) is 0 Å². The minimum atomic E-state index is -0.220. The Balaban J connectivity index is 2.68. The largest absolute Gasteiger partial charge is 0.466 e. The number of carbonyl (C=O) groups excluding carboxylic acids is 1. The number of hydrogen-bond acceptors (Lipinski definition) is 4. The SMILES string of the molecule is CCC(=CCN(Cc1cccs1)C(C)C)C(=O)OC. The molecule has 0 bridgehead atoms. The molecule has 106 valence electrons.